The summed E-state index contributed by atoms with van der Waals surface area (Å²) >= 11 is 0. The SMILES string of the molecule is COc1ccc(CN2C(=O)C3CC(OC(C)=O)C2C3)cc1. The van der Waals surface area contributed by atoms with Crippen molar-refractivity contribution in [1.82, 2.24) is 4.90 Å². The first-order valence-electron chi connectivity index (χ1n) is 7.19. The maximum atomic E-state index is 12.3. The number of esters is 1. The van der Waals surface area contributed by atoms with Gasteiger partial charge in [-0.3, -0.25) is 9.59 Å². The number of ether oxygens (including phenoxy) is 2. The number of methoxy groups -OCH3 is 1. The summed E-state index contributed by atoms with van der Waals surface area (Å²) in [6.45, 7) is 1.98. The first kappa shape index (κ1) is 13.9. The lowest BCUT2D eigenvalue weighted by Crippen LogP contribution is -2.45. The highest BCUT2D eigenvalue weighted by molar-refractivity contribution is 5.83. The zero-order valence-electron chi connectivity index (χ0n) is 12.2. The number of piperidine rings is 1. The standard InChI is InChI=1S/C16H19NO4/c1-10(18)21-15-8-12-7-14(15)17(16(12)19)9-11-3-5-13(20-2)6-4-11/h3-6,12,14-15H,7-9H2,1-2H3. The number of rotatable bonds is 4. The van der Waals surface area contributed by atoms with Gasteiger partial charge in [0.15, 0.2) is 0 Å². The molecule has 0 N–H and O–H groups in total. The maximum absolute atomic E-state index is 12.3. The zero-order valence-corrected chi connectivity index (χ0v) is 12.2. The predicted molar refractivity (Wildman–Crippen MR) is 75.6 cm³/mol. The van der Waals surface area contributed by atoms with Crippen molar-refractivity contribution in [3.8, 4) is 5.75 Å². The number of fused-ring (bicyclic) bond motifs is 2. The van der Waals surface area contributed by atoms with Crippen molar-refractivity contribution in [1.29, 1.82) is 0 Å². The molecule has 1 aromatic rings. The quantitative estimate of drug-likeness (QED) is 0.792. The van der Waals surface area contributed by atoms with E-state index in [1.54, 1.807) is 7.11 Å². The van der Waals surface area contributed by atoms with Gasteiger partial charge in [-0.2, -0.15) is 0 Å². The third kappa shape index (κ3) is 2.60. The van der Waals surface area contributed by atoms with Gasteiger partial charge < -0.3 is 14.4 Å². The molecule has 2 fully saturated rings. The van der Waals surface area contributed by atoms with Crippen LogP contribution in [0.1, 0.15) is 25.3 Å². The second-order valence-corrected chi connectivity index (χ2v) is 5.70. The molecule has 2 bridgehead atoms. The van der Waals surface area contributed by atoms with E-state index in [0.717, 1.165) is 17.7 Å². The molecular formula is C16H19NO4. The van der Waals surface area contributed by atoms with Crippen LogP contribution < -0.4 is 4.74 Å². The van der Waals surface area contributed by atoms with E-state index < -0.39 is 0 Å². The molecule has 3 unspecified atom stereocenters. The van der Waals surface area contributed by atoms with Gasteiger partial charge in [0.1, 0.15) is 11.9 Å². The first-order chi connectivity index (χ1) is 10.1. The third-order valence-corrected chi connectivity index (χ3v) is 4.33. The van der Waals surface area contributed by atoms with Gasteiger partial charge in [0.2, 0.25) is 5.91 Å². The summed E-state index contributed by atoms with van der Waals surface area (Å²) in [6, 6.07) is 7.71. The van der Waals surface area contributed by atoms with Gasteiger partial charge in [0.05, 0.1) is 13.2 Å². The van der Waals surface area contributed by atoms with Gasteiger partial charge in [-0.1, -0.05) is 12.1 Å². The molecule has 0 radical (unpaired) electrons. The van der Waals surface area contributed by atoms with E-state index in [1.165, 1.54) is 6.92 Å². The predicted octanol–water partition coefficient (Wildman–Crippen LogP) is 1.75. The molecule has 2 aliphatic rings. The normalized spacial score (nSPS) is 27.0. The highest BCUT2D eigenvalue weighted by Gasteiger charge is 2.51. The Kier molecular flexibility index (Phi) is 3.57. The highest BCUT2D eigenvalue weighted by atomic mass is 16.5. The fourth-order valence-corrected chi connectivity index (χ4v) is 3.37. The Morgan fingerprint density at radius 3 is 2.57 bits per heavy atom. The van der Waals surface area contributed by atoms with E-state index in [1.807, 2.05) is 29.2 Å². The fraction of sp³-hybridized carbons (Fsp3) is 0.500. The number of carbonyl (C=O) groups excluding carboxylic acids is 2. The molecule has 1 aliphatic heterocycles. The second kappa shape index (κ2) is 5.39. The Morgan fingerprint density at radius 1 is 1.29 bits per heavy atom. The molecule has 1 aliphatic carbocycles. The summed E-state index contributed by atoms with van der Waals surface area (Å²) in [5.41, 5.74) is 1.05. The van der Waals surface area contributed by atoms with Gasteiger partial charge in [-0.25, -0.2) is 0 Å². The maximum Gasteiger partial charge on any atom is 0.302 e. The third-order valence-electron chi connectivity index (χ3n) is 4.33. The lowest BCUT2D eigenvalue weighted by atomic mass is 10.1. The summed E-state index contributed by atoms with van der Waals surface area (Å²) in [5, 5.41) is 0. The summed E-state index contributed by atoms with van der Waals surface area (Å²) in [6.07, 6.45) is 1.32. The minimum atomic E-state index is -0.274. The molecule has 1 heterocycles. The Bertz CT molecular complexity index is 554. The van der Waals surface area contributed by atoms with Crippen molar-refractivity contribution >= 4 is 11.9 Å². The highest BCUT2D eigenvalue weighted by Crippen LogP contribution is 2.41. The second-order valence-electron chi connectivity index (χ2n) is 5.70. The topological polar surface area (TPSA) is 55.8 Å². The number of amides is 1. The van der Waals surface area contributed by atoms with Crippen molar-refractivity contribution in [2.24, 2.45) is 5.92 Å². The van der Waals surface area contributed by atoms with Gasteiger partial charge in [-0.15, -0.1) is 0 Å². The molecule has 3 atom stereocenters. The van der Waals surface area contributed by atoms with Crippen LogP contribution in [-0.4, -0.2) is 36.0 Å². The van der Waals surface area contributed by atoms with Crippen LogP contribution in [0.25, 0.3) is 0 Å². The number of hydrogen-bond donors (Lipinski definition) is 0. The van der Waals surface area contributed by atoms with E-state index in [9.17, 15) is 9.59 Å². The van der Waals surface area contributed by atoms with Crippen molar-refractivity contribution < 1.29 is 19.1 Å². The van der Waals surface area contributed by atoms with Gasteiger partial charge in [-0.05, 0) is 30.5 Å². The van der Waals surface area contributed by atoms with Gasteiger partial charge in [0, 0.05) is 19.4 Å². The van der Waals surface area contributed by atoms with Crippen LogP contribution in [0.2, 0.25) is 0 Å². The minimum Gasteiger partial charge on any atom is -0.497 e. The van der Waals surface area contributed by atoms with Crippen LogP contribution in [-0.2, 0) is 20.9 Å². The lowest BCUT2D eigenvalue weighted by Gasteiger charge is -2.32. The van der Waals surface area contributed by atoms with E-state index in [0.29, 0.717) is 13.0 Å². The van der Waals surface area contributed by atoms with Crippen molar-refractivity contribution in [3.63, 3.8) is 0 Å². The molecule has 1 saturated heterocycles. The molecular weight excluding hydrogens is 270 g/mol. The zero-order chi connectivity index (χ0) is 15.0. The van der Waals surface area contributed by atoms with Crippen LogP contribution in [0.4, 0.5) is 0 Å². The Labute approximate surface area is 123 Å². The van der Waals surface area contributed by atoms with Crippen molar-refractivity contribution in [2.75, 3.05) is 7.11 Å². The molecule has 3 rings (SSSR count). The molecule has 1 saturated carbocycles. The summed E-state index contributed by atoms with van der Waals surface area (Å²) in [7, 11) is 1.63. The molecule has 1 amide bonds. The molecule has 5 heteroatoms. The summed E-state index contributed by atoms with van der Waals surface area (Å²) in [5.74, 6) is 0.715. The number of carbonyl (C=O) groups is 2. The van der Waals surface area contributed by atoms with Crippen LogP contribution in [0.15, 0.2) is 24.3 Å². The molecule has 5 nitrogen and oxygen atoms in total. The monoisotopic (exact) mass is 289 g/mol. The van der Waals surface area contributed by atoms with Crippen LogP contribution in [0, 0.1) is 5.92 Å². The first-order valence-corrected chi connectivity index (χ1v) is 7.19. The van der Waals surface area contributed by atoms with E-state index in [-0.39, 0.29) is 29.9 Å². The average Bonchev–Trinajstić information content (AvgIpc) is 2.99. The Hall–Kier alpha value is -2.04. The molecule has 0 spiro atoms. The Morgan fingerprint density at radius 2 is 2.00 bits per heavy atom. The van der Waals surface area contributed by atoms with Crippen LogP contribution in [0.3, 0.4) is 0 Å². The van der Waals surface area contributed by atoms with Crippen molar-refractivity contribution in [2.45, 2.75) is 38.5 Å². The smallest absolute Gasteiger partial charge is 0.302 e. The van der Waals surface area contributed by atoms with Gasteiger partial charge in [0.25, 0.3) is 0 Å². The number of hydrogen-bond acceptors (Lipinski definition) is 4. The van der Waals surface area contributed by atoms with Crippen molar-refractivity contribution in [3.05, 3.63) is 29.8 Å². The number of likely N-dealkylation sites (tertiary alicyclic amines) is 1. The van der Waals surface area contributed by atoms with E-state index in [2.05, 4.69) is 0 Å². The minimum absolute atomic E-state index is 0.0117. The number of nitrogens with zero attached hydrogens (tertiary/aromatic N) is 1. The molecule has 0 aromatic heterocycles. The van der Waals surface area contributed by atoms with Gasteiger partial charge >= 0.3 is 5.97 Å². The van der Waals surface area contributed by atoms with E-state index >= 15 is 0 Å². The number of benzene rings is 1. The fourth-order valence-electron chi connectivity index (χ4n) is 3.37. The molecule has 1 aromatic carbocycles. The largest absolute Gasteiger partial charge is 0.497 e. The summed E-state index contributed by atoms with van der Waals surface area (Å²) < 4.78 is 10.5. The molecule has 112 valence electrons. The van der Waals surface area contributed by atoms with Crippen LogP contribution >= 0.6 is 0 Å². The summed E-state index contributed by atoms with van der Waals surface area (Å²) in [4.78, 5) is 25.3. The lowest BCUT2D eigenvalue weighted by molar-refractivity contribution is -0.155. The molecule has 21 heavy (non-hydrogen) atoms. The van der Waals surface area contributed by atoms with E-state index in [4.69, 9.17) is 9.47 Å². The average molecular weight is 289 g/mol. The van der Waals surface area contributed by atoms with Crippen LogP contribution in [0.5, 0.6) is 5.75 Å². The Balaban J connectivity index is 1.72.